The molecule has 2 nitrogen and oxygen atoms in total. The van der Waals surface area contributed by atoms with Gasteiger partial charge in [-0.25, -0.2) is 0 Å². The Labute approximate surface area is 132 Å². The van der Waals surface area contributed by atoms with Gasteiger partial charge in [-0.1, -0.05) is 44.0 Å². The third-order valence-corrected chi connectivity index (χ3v) is 3.52. The molecule has 0 heterocycles. The van der Waals surface area contributed by atoms with Gasteiger partial charge >= 0.3 is 0 Å². The van der Waals surface area contributed by atoms with E-state index in [1.54, 1.807) is 13.2 Å². The van der Waals surface area contributed by atoms with Crippen LogP contribution in [-0.2, 0) is 6.54 Å². The van der Waals surface area contributed by atoms with Crippen LogP contribution in [0.5, 0.6) is 5.75 Å². The van der Waals surface area contributed by atoms with Crippen molar-refractivity contribution in [2.75, 3.05) is 7.11 Å². The van der Waals surface area contributed by atoms with Gasteiger partial charge in [-0.2, -0.15) is 0 Å². The van der Waals surface area contributed by atoms with Crippen molar-refractivity contribution in [2.45, 2.75) is 53.1 Å². The average molecular weight is 318 g/mol. The van der Waals surface area contributed by atoms with E-state index in [0.29, 0.717) is 22.3 Å². The summed E-state index contributed by atoms with van der Waals surface area (Å²) in [5, 5.41) is 4.74. The van der Waals surface area contributed by atoms with Gasteiger partial charge in [0.15, 0.2) is 0 Å². The predicted molar refractivity (Wildman–Crippen MR) is 88.0 cm³/mol. The lowest BCUT2D eigenvalue weighted by atomic mass is 9.82. The zero-order chi connectivity index (χ0) is 15.6. The van der Waals surface area contributed by atoms with E-state index in [-0.39, 0.29) is 11.0 Å². The number of methoxy groups -OCH3 is 1. The zero-order valence-electron chi connectivity index (χ0n) is 13.2. The highest BCUT2D eigenvalue weighted by Crippen LogP contribution is 2.33. The second-order valence-electron chi connectivity index (χ2n) is 7.05. The average Bonchev–Trinajstić information content (AvgIpc) is 2.22. The summed E-state index contributed by atoms with van der Waals surface area (Å²) < 4.78 is 5.37. The van der Waals surface area contributed by atoms with Crippen LogP contribution >= 0.6 is 23.2 Å². The smallest absolute Gasteiger partial charge is 0.142 e. The van der Waals surface area contributed by atoms with E-state index in [4.69, 9.17) is 27.9 Å². The maximum atomic E-state index is 6.15. The van der Waals surface area contributed by atoms with Crippen LogP contribution in [0.3, 0.4) is 0 Å². The molecule has 0 aromatic heterocycles. The molecule has 1 aromatic carbocycles. The Morgan fingerprint density at radius 3 is 2.20 bits per heavy atom. The number of hydrogen-bond acceptors (Lipinski definition) is 2. The van der Waals surface area contributed by atoms with Gasteiger partial charge in [-0.15, -0.1) is 0 Å². The molecule has 114 valence electrons. The molecule has 4 heteroatoms. The van der Waals surface area contributed by atoms with E-state index in [0.717, 1.165) is 12.0 Å². The zero-order valence-corrected chi connectivity index (χ0v) is 14.7. The molecule has 0 spiro atoms. The Kier molecular flexibility index (Phi) is 5.77. The van der Waals surface area contributed by atoms with E-state index in [9.17, 15) is 0 Å². The monoisotopic (exact) mass is 317 g/mol. The topological polar surface area (TPSA) is 21.3 Å². The van der Waals surface area contributed by atoms with Crippen LogP contribution in [0.25, 0.3) is 0 Å². The minimum atomic E-state index is 0.0258. The maximum Gasteiger partial charge on any atom is 0.142 e. The van der Waals surface area contributed by atoms with Crippen LogP contribution < -0.4 is 10.1 Å². The molecule has 1 N–H and O–H groups in total. The number of halogens is 2. The van der Waals surface area contributed by atoms with E-state index in [2.05, 4.69) is 39.9 Å². The molecule has 0 unspecified atom stereocenters. The number of ether oxygens (including phenoxy) is 1. The molecule has 0 fully saturated rings. The fraction of sp³-hybridized carbons (Fsp3) is 0.625. The first kappa shape index (κ1) is 17.6. The second kappa shape index (κ2) is 6.55. The molecular formula is C16H25Cl2NO. The van der Waals surface area contributed by atoms with Crippen molar-refractivity contribution in [3.63, 3.8) is 0 Å². The molecule has 0 saturated heterocycles. The largest absolute Gasteiger partial charge is 0.495 e. The Hall–Kier alpha value is -0.440. The molecule has 0 bridgehead atoms. The lowest BCUT2D eigenvalue weighted by Gasteiger charge is -2.33. The molecule has 1 aromatic rings. The van der Waals surface area contributed by atoms with Gasteiger partial charge in [0, 0.05) is 22.7 Å². The molecule has 0 saturated carbocycles. The van der Waals surface area contributed by atoms with Gasteiger partial charge in [-0.05, 0) is 37.8 Å². The van der Waals surface area contributed by atoms with Crippen molar-refractivity contribution in [1.82, 2.24) is 5.32 Å². The highest BCUT2D eigenvalue weighted by atomic mass is 35.5. The summed E-state index contributed by atoms with van der Waals surface area (Å²) in [7, 11) is 1.62. The molecule has 0 radical (unpaired) electrons. The highest BCUT2D eigenvalue weighted by Gasteiger charge is 2.25. The molecule has 20 heavy (non-hydrogen) atoms. The quantitative estimate of drug-likeness (QED) is 0.795. The van der Waals surface area contributed by atoms with Gasteiger partial charge < -0.3 is 10.1 Å². The summed E-state index contributed by atoms with van der Waals surface area (Å²) in [6, 6.07) is 3.60. The number of benzene rings is 1. The van der Waals surface area contributed by atoms with Crippen LogP contribution in [0.2, 0.25) is 10.0 Å². The first-order valence-corrected chi connectivity index (χ1v) is 7.57. The third-order valence-electron chi connectivity index (χ3n) is 3.02. The predicted octanol–water partition coefficient (Wildman–Crippen LogP) is 5.31. The van der Waals surface area contributed by atoms with Crippen LogP contribution in [0.4, 0.5) is 0 Å². The minimum absolute atomic E-state index is 0.0258. The van der Waals surface area contributed by atoms with Gasteiger partial charge in [0.25, 0.3) is 0 Å². The molecule has 0 aliphatic carbocycles. The fourth-order valence-electron chi connectivity index (χ4n) is 2.70. The van der Waals surface area contributed by atoms with Gasteiger partial charge in [0.2, 0.25) is 0 Å². The van der Waals surface area contributed by atoms with Crippen molar-refractivity contribution in [1.29, 1.82) is 0 Å². The normalized spacial score (nSPS) is 12.6. The fourth-order valence-corrected chi connectivity index (χ4v) is 3.31. The van der Waals surface area contributed by atoms with Crippen LogP contribution in [0, 0.1) is 5.41 Å². The van der Waals surface area contributed by atoms with Crippen LogP contribution in [-0.4, -0.2) is 12.6 Å². The summed E-state index contributed by atoms with van der Waals surface area (Å²) in [6.07, 6.45) is 1.07. The summed E-state index contributed by atoms with van der Waals surface area (Å²) in [5.74, 6) is 0.690. The van der Waals surface area contributed by atoms with Gasteiger partial charge in [-0.3, -0.25) is 0 Å². The van der Waals surface area contributed by atoms with E-state index < -0.39 is 0 Å². The second-order valence-corrected chi connectivity index (χ2v) is 7.90. The van der Waals surface area contributed by atoms with Gasteiger partial charge in [0.1, 0.15) is 5.75 Å². The summed E-state index contributed by atoms with van der Waals surface area (Å²) >= 11 is 12.2. The number of nitrogens with one attached hydrogen (secondary N) is 1. The molecule has 0 aliphatic rings. The van der Waals surface area contributed by atoms with Crippen molar-refractivity contribution < 1.29 is 4.74 Å². The van der Waals surface area contributed by atoms with Crippen molar-refractivity contribution in [3.8, 4) is 5.75 Å². The Morgan fingerprint density at radius 1 is 1.10 bits per heavy atom. The van der Waals surface area contributed by atoms with Crippen LogP contribution in [0.1, 0.15) is 46.6 Å². The van der Waals surface area contributed by atoms with E-state index >= 15 is 0 Å². The SMILES string of the molecule is COc1c(Cl)cc(Cl)cc1CNC(C)(C)CC(C)(C)C. The van der Waals surface area contributed by atoms with Crippen molar-refractivity contribution in [2.24, 2.45) is 5.41 Å². The summed E-state index contributed by atoms with van der Waals surface area (Å²) in [6.45, 7) is 11.8. The Bertz CT molecular complexity index is 464. The van der Waals surface area contributed by atoms with Crippen molar-refractivity contribution in [3.05, 3.63) is 27.7 Å². The van der Waals surface area contributed by atoms with Crippen LogP contribution in [0.15, 0.2) is 12.1 Å². The molecule has 0 atom stereocenters. The summed E-state index contributed by atoms with van der Waals surface area (Å²) in [4.78, 5) is 0. The lowest BCUT2D eigenvalue weighted by Crippen LogP contribution is -2.41. The standard InChI is InChI=1S/C16H25Cl2NO/c1-15(2,3)10-16(4,5)19-9-11-7-12(17)8-13(18)14(11)20-6/h7-8,19H,9-10H2,1-6H3. The number of rotatable bonds is 5. The summed E-state index contributed by atoms with van der Waals surface area (Å²) in [5.41, 5.74) is 1.27. The van der Waals surface area contributed by atoms with E-state index in [1.165, 1.54) is 0 Å². The Morgan fingerprint density at radius 2 is 1.70 bits per heavy atom. The van der Waals surface area contributed by atoms with Gasteiger partial charge in [0.05, 0.1) is 12.1 Å². The van der Waals surface area contributed by atoms with E-state index in [1.807, 2.05) is 6.07 Å². The lowest BCUT2D eigenvalue weighted by molar-refractivity contribution is 0.240. The first-order valence-electron chi connectivity index (χ1n) is 6.81. The third kappa shape index (κ3) is 5.51. The maximum absolute atomic E-state index is 6.15. The number of hydrogen-bond donors (Lipinski definition) is 1. The Balaban J connectivity index is 2.84. The molecule has 1 rings (SSSR count). The molecule has 0 amide bonds. The highest BCUT2D eigenvalue weighted by molar-refractivity contribution is 6.35. The molecular weight excluding hydrogens is 293 g/mol. The van der Waals surface area contributed by atoms with Crippen molar-refractivity contribution >= 4 is 23.2 Å². The molecule has 0 aliphatic heterocycles. The minimum Gasteiger partial charge on any atom is -0.495 e. The first-order chi connectivity index (χ1) is 9.04.